The molecule has 5 nitrogen and oxygen atoms in total. The van der Waals surface area contributed by atoms with Crippen LogP contribution in [0.1, 0.15) is 26.3 Å². The summed E-state index contributed by atoms with van der Waals surface area (Å²) >= 11 is 1.67. The molecule has 6 heteroatoms. The van der Waals surface area contributed by atoms with Crippen LogP contribution in [0.4, 0.5) is 4.79 Å². The highest BCUT2D eigenvalue weighted by atomic mass is 32.2. The molecule has 1 aliphatic rings. The van der Waals surface area contributed by atoms with Gasteiger partial charge in [-0.3, -0.25) is 4.99 Å². The van der Waals surface area contributed by atoms with E-state index in [-0.39, 0.29) is 6.09 Å². The van der Waals surface area contributed by atoms with E-state index < -0.39 is 5.60 Å². The smallest absolute Gasteiger partial charge is 0.410 e. The Bertz CT molecular complexity index is 576. The number of hydrogen-bond acceptors (Lipinski definition) is 4. The van der Waals surface area contributed by atoms with Crippen molar-refractivity contribution >= 4 is 23.0 Å². The van der Waals surface area contributed by atoms with Crippen LogP contribution >= 0.6 is 11.8 Å². The third kappa shape index (κ3) is 6.61. The Morgan fingerprint density at radius 3 is 2.28 bits per heavy atom. The molecule has 1 amide bonds. The van der Waals surface area contributed by atoms with Crippen LogP contribution in [0, 0.1) is 0 Å². The fourth-order valence-electron chi connectivity index (χ4n) is 2.63. The molecule has 138 valence electrons. The van der Waals surface area contributed by atoms with E-state index in [4.69, 9.17) is 9.73 Å². The van der Waals surface area contributed by atoms with Gasteiger partial charge in [0.2, 0.25) is 0 Å². The van der Waals surface area contributed by atoms with E-state index in [2.05, 4.69) is 35.4 Å². The topological polar surface area (TPSA) is 45.1 Å². The second-order valence-electron chi connectivity index (χ2n) is 7.06. The van der Waals surface area contributed by atoms with E-state index in [9.17, 15) is 4.79 Å². The monoisotopic (exact) mass is 363 g/mol. The first-order valence-electron chi connectivity index (χ1n) is 8.74. The molecular formula is C19H29N3O2S. The molecule has 0 radical (unpaired) electrons. The lowest BCUT2D eigenvalue weighted by atomic mass is 10.2. The molecule has 0 N–H and O–H groups in total. The van der Waals surface area contributed by atoms with E-state index in [1.54, 1.807) is 16.7 Å². The maximum Gasteiger partial charge on any atom is 0.410 e. The number of piperazine rings is 1. The number of benzene rings is 1. The van der Waals surface area contributed by atoms with Gasteiger partial charge in [0.25, 0.3) is 0 Å². The number of ether oxygens (including phenoxy) is 1. The van der Waals surface area contributed by atoms with Crippen molar-refractivity contribution in [3.63, 3.8) is 0 Å². The SMILES string of the molecule is CSC(=NCCc1ccccc1)N1CCN(C(=O)OC(C)(C)C)CC1. The lowest BCUT2D eigenvalue weighted by Gasteiger charge is -2.36. The van der Waals surface area contributed by atoms with Gasteiger partial charge in [-0.25, -0.2) is 4.79 Å². The van der Waals surface area contributed by atoms with Crippen molar-refractivity contribution in [1.29, 1.82) is 0 Å². The number of carbonyl (C=O) groups is 1. The van der Waals surface area contributed by atoms with Gasteiger partial charge >= 0.3 is 6.09 Å². The van der Waals surface area contributed by atoms with E-state index in [0.29, 0.717) is 13.1 Å². The second-order valence-corrected chi connectivity index (χ2v) is 7.83. The number of amides is 1. The van der Waals surface area contributed by atoms with Crippen LogP contribution in [-0.4, -0.2) is 65.6 Å². The molecule has 1 aliphatic heterocycles. The molecule has 1 aromatic carbocycles. The first kappa shape index (κ1) is 19.6. The highest BCUT2D eigenvalue weighted by Crippen LogP contribution is 2.14. The molecule has 0 bridgehead atoms. The fraction of sp³-hybridized carbons (Fsp3) is 0.579. The van der Waals surface area contributed by atoms with Crippen LogP contribution in [0.25, 0.3) is 0 Å². The maximum absolute atomic E-state index is 12.1. The minimum absolute atomic E-state index is 0.223. The number of carbonyl (C=O) groups excluding carboxylic acids is 1. The van der Waals surface area contributed by atoms with Crippen molar-refractivity contribution in [3.8, 4) is 0 Å². The van der Waals surface area contributed by atoms with E-state index in [1.807, 2.05) is 26.8 Å². The molecule has 1 heterocycles. The van der Waals surface area contributed by atoms with Gasteiger partial charge < -0.3 is 14.5 Å². The molecule has 0 spiro atoms. The molecule has 0 unspecified atom stereocenters. The van der Waals surface area contributed by atoms with Crippen LogP contribution < -0.4 is 0 Å². The Hall–Kier alpha value is -1.69. The standard InChI is InChI=1S/C19H29N3O2S/c1-19(2,3)24-18(23)22-14-12-21(13-15-22)17(25-4)20-11-10-16-8-6-5-7-9-16/h5-9H,10-15H2,1-4H3. The first-order valence-corrected chi connectivity index (χ1v) is 9.97. The Morgan fingerprint density at radius 1 is 1.12 bits per heavy atom. The van der Waals surface area contributed by atoms with Gasteiger partial charge in [-0.15, -0.1) is 0 Å². The molecule has 0 aliphatic carbocycles. The van der Waals surface area contributed by atoms with Gasteiger partial charge in [-0.05, 0) is 39.0 Å². The fourth-order valence-corrected chi connectivity index (χ4v) is 3.29. The predicted octanol–water partition coefficient (Wildman–Crippen LogP) is 3.50. The van der Waals surface area contributed by atoms with Gasteiger partial charge in [-0.2, -0.15) is 0 Å². The Labute approximate surface area is 155 Å². The van der Waals surface area contributed by atoms with Crippen molar-refractivity contribution in [3.05, 3.63) is 35.9 Å². The number of hydrogen-bond donors (Lipinski definition) is 0. The summed E-state index contributed by atoms with van der Waals surface area (Å²) in [5.41, 5.74) is 0.860. The summed E-state index contributed by atoms with van der Waals surface area (Å²) in [5, 5.41) is 1.06. The highest BCUT2D eigenvalue weighted by molar-refractivity contribution is 8.13. The molecule has 0 aromatic heterocycles. The van der Waals surface area contributed by atoms with Gasteiger partial charge in [0, 0.05) is 32.7 Å². The van der Waals surface area contributed by atoms with Crippen molar-refractivity contribution in [1.82, 2.24) is 9.80 Å². The number of nitrogens with zero attached hydrogens (tertiary/aromatic N) is 3. The van der Waals surface area contributed by atoms with Crippen molar-refractivity contribution in [2.45, 2.75) is 32.8 Å². The van der Waals surface area contributed by atoms with E-state index in [1.165, 1.54) is 5.56 Å². The molecule has 0 atom stereocenters. The van der Waals surface area contributed by atoms with Gasteiger partial charge in [0.1, 0.15) is 5.60 Å². The number of rotatable bonds is 3. The highest BCUT2D eigenvalue weighted by Gasteiger charge is 2.26. The van der Waals surface area contributed by atoms with Crippen molar-refractivity contribution < 1.29 is 9.53 Å². The Morgan fingerprint density at radius 2 is 1.72 bits per heavy atom. The van der Waals surface area contributed by atoms with Crippen LogP contribution in [0.2, 0.25) is 0 Å². The van der Waals surface area contributed by atoms with Gasteiger partial charge in [0.05, 0.1) is 0 Å². The Balaban J connectivity index is 1.82. The molecule has 0 saturated carbocycles. The number of aliphatic imine (C=N–C) groups is 1. The summed E-state index contributed by atoms with van der Waals surface area (Å²) in [7, 11) is 0. The zero-order chi connectivity index (χ0) is 18.3. The third-order valence-electron chi connectivity index (χ3n) is 3.87. The van der Waals surface area contributed by atoms with Crippen LogP contribution in [-0.2, 0) is 11.2 Å². The summed E-state index contributed by atoms with van der Waals surface area (Å²) in [6.45, 7) is 9.41. The quantitative estimate of drug-likeness (QED) is 0.609. The number of amidine groups is 1. The van der Waals surface area contributed by atoms with Crippen molar-refractivity contribution in [2.75, 3.05) is 39.0 Å². The average molecular weight is 364 g/mol. The second kappa shape index (κ2) is 9.13. The Kier molecular flexibility index (Phi) is 7.17. The zero-order valence-electron chi connectivity index (χ0n) is 15.7. The van der Waals surface area contributed by atoms with Crippen molar-refractivity contribution in [2.24, 2.45) is 4.99 Å². The lowest BCUT2D eigenvalue weighted by molar-refractivity contribution is 0.0188. The van der Waals surface area contributed by atoms with Gasteiger partial charge in [-0.1, -0.05) is 42.1 Å². The number of thioether (sulfide) groups is 1. The first-order chi connectivity index (χ1) is 11.9. The van der Waals surface area contributed by atoms with Crippen LogP contribution in [0.5, 0.6) is 0 Å². The van der Waals surface area contributed by atoms with E-state index in [0.717, 1.165) is 31.2 Å². The summed E-state index contributed by atoms with van der Waals surface area (Å²) < 4.78 is 5.45. The minimum Gasteiger partial charge on any atom is -0.444 e. The largest absolute Gasteiger partial charge is 0.444 e. The van der Waals surface area contributed by atoms with Crippen LogP contribution in [0.15, 0.2) is 35.3 Å². The molecular weight excluding hydrogens is 334 g/mol. The predicted molar refractivity (Wildman–Crippen MR) is 105 cm³/mol. The minimum atomic E-state index is -0.447. The van der Waals surface area contributed by atoms with Gasteiger partial charge in [0.15, 0.2) is 5.17 Å². The lowest BCUT2D eigenvalue weighted by Crippen LogP contribution is -2.51. The van der Waals surface area contributed by atoms with E-state index >= 15 is 0 Å². The summed E-state index contributed by atoms with van der Waals surface area (Å²) in [6.07, 6.45) is 2.78. The maximum atomic E-state index is 12.1. The molecule has 1 aromatic rings. The average Bonchev–Trinajstić information content (AvgIpc) is 2.58. The van der Waals surface area contributed by atoms with Crippen LogP contribution in [0.3, 0.4) is 0 Å². The summed E-state index contributed by atoms with van der Waals surface area (Å²) in [4.78, 5) is 20.9. The molecule has 1 fully saturated rings. The molecule has 25 heavy (non-hydrogen) atoms. The summed E-state index contributed by atoms with van der Waals surface area (Å²) in [6, 6.07) is 10.4. The molecule has 1 saturated heterocycles. The summed E-state index contributed by atoms with van der Waals surface area (Å²) in [5.74, 6) is 0. The molecule has 2 rings (SSSR count). The third-order valence-corrected chi connectivity index (χ3v) is 4.63. The zero-order valence-corrected chi connectivity index (χ0v) is 16.5. The normalized spacial score (nSPS) is 16.1.